The number of benzene rings is 1. The van der Waals surface area contributed by atoms with Crippen molar-refractivity contribution < 1.29 is 26.5 Å². The van der Waals surface area contributed by atoms with E-state index in [0.717, 1.165) is 6.07 Å². The lowest BCUT2D eigenvalue weighted by molar-refractivity contribution is 0.163. The van der Waals surface area contributed by atoms with Gasteiger partial charge in [0.1, 0.15) is 35.3 Å². The Bertz CT molecular complexity index is 1530. The summed E-state index contributed by atoms with van der Waals surface area (Å²) in [6.45, 7) is 5.24. The van der Waals surface area contributed by atoms with Gasteiger partial charge in [-0.15, -0.1) is 0 Å². The second-order valence-electron chi connectivity index (χ2n) is 8.64. The number of anilines is 1. The monoisotopic (exact) mass is 520 g/mol. The number of hydrogen-bond donors (Lipinski definition) is 1. The Hall–Kier alpha value is -3.72. The number of nitrogens with zero attached hydrogens (tertiary/aromatic N) is 7. The molecule has 0 spiro atoms. The first kappa shape index (κ1) is 24.0. The zero-order chi connectivity index (χ0) is 25.6. The second kappa shape index (κ2) is 9.05. The number of piperidine rings is 1. The third-order valence-corrected chi connectivity index (χ3v) is 6.73. The molecule has 4 heterocycles. The van der Waals surface area contributed by atoms with Gasteiger partial charge in [0.15, 0.2) is 17.0 Å². The largest absolute Gasteiger partial charge is 0.473 e. The zero-order valence-corrected chi connectivity index (χ0v) is 20.1. The number of hydrogen-bond acceptors (Lipinski definition) is 10. The number of imidazole rings is 1. The van der Waals surface area contributed by atoms with E-state index >= 15 is 0 Å². The van der Waals surface area contributed by atoms with Crippen molar-refractivity contribution in [2.45, 2.75) is 43.6 Å². The van der Waals surface area contributed by atoms with Gasteiger partial charge in [0.05, 0.1) is 5.69 Å². The van der Waals surface area contributed by atoms with Crippen molar-refractivity contribution in [2.75, 3.05) is 18.0 Å². The molecule has 4 aromatic rings. The van der Waals surface area contributed by atoms with Crippen LogP contribution in [0.3, 0.4) is 0 Å². The van der Waals surface area contributed by atoms with Crippen LogP contribution in [0.1, 0.15) is 38.4 Å². The summed E-state index contributed by atoms with van der Waals surface area (Å²) in [6, 6.07) is 1.71. The summed E-state index contributed by atoms with van der Waals surface area (Å²) < 4.78 is 64.7. The molecule has 1 saturated heterocycles. The summed E-state index contributed by atoms with van der Waals surface area (Å²) in [7, 11) is -4.43. The molecular weight excluding hydrogens is 498 g/mol. The molecule has 36 heavy (non-hydrogen) atoms. The van der Waals surface area contributed by atoms with Gasteiger partial charge in [-0.2, -0.15) is 9.97 Å². The molecule has 0 unspecified atom stereocenters. The van der Waals surface area contributed by atoms with Gasteiger partial charge in [-0.05, 0) is 6.07 Å². The molecule has 1 aliphatic heterocycles. The van der Waals surface area contributed by atoms with Crippen LogP contribution in [0.4, 0.5) is 14.8 Å². The average Bonchev–Trinajstić information content (AvgIpc) is 3.49. The Balaban J connectivity index is 1.35. The Kier molecular flexibility index (Phi) is 6.04. The van der Waals surface area contributed by atoms with Crippen molar-refractivity contribution in [3.63, 3.8) is 0 Å². The second-order valence-corrected chi connectivity index (χ2v) is 10.2. The van der Waals surface area contributed by atoms with Crippen molar-refractivity contribution >= 4 is 27.2 Å². The lowest BCUT2D eigenvalue weighted by atomic mass is 10.1. The highest BCUT2D eigenvalue weighted by Gasteiger charge is 2.27. The number of fused-ring (bicyclic) bond motifs is 1. The highest BCUT2D eigenvalue weighted by molar-refractivity contribution is 7.89. The Morgan fingerprint density at radius 2 is 1.89 bits per heavy atom. The SMILES string of the molecule is CC(C)c1noc(N2CCC(Oc3ncnc4c3ncn4-c3cc(F)c(S(N)(=O)=O)cc3F)CC2)n1. The molecule has 1 aliphatic rings. The quantitative estimate of drug-likeness (QED) is 0.400. The maximum absolute atomic E-state index is 14.7. The molecule has 0 radical (unpaired) electrons. The smallest absolute Gasteiger partial charge is 0.324 e. The van der Waals surface area contributed by atoms with Crippen LogP contribution in [0.5, 0.6) is 5.88 Å². The van der Waals surface area contributed by atoms with E-state index in [9.17, 15) is 17.2 Å². The predicted octanol–water partition coefficient (Wildman–Crippen LogP) is 2.30. The summed E-state index contributed by atoms with van der Waals surface area (Å²) in [6.07, 6.45) is 3.58. The van der Waals surface area contributed by atoms with E-state index in [0.29, 0.717) is 43.8 Å². The first-order chi connectivity index (χ1) is 17.1. The molecule has 2 N–H and O–H groups in total. The Morgan fingerprint density at radius 3 is 2.56 bits per heavy atom. The van der Waals surface area contributed by atoms with Crippen LogP contribution in [0.25, 0.3) is 16.9 Å². The zero-order valence-electron chi connectivity index (χ0n) is 19.3. The minimum absolute atomic E-state index is 0.158. The fourth-order valence-electron chi connectivity index (χ4n) is 3.91. The molecule has 0 bridgehead atoms. The van der Waals surface area contributed by atoms with E-state index in [1.807, 2.05) is 18.7 Å². The highest BCUT2D eigenvalue weighted by Crippen LogP contribution is 2.29. The van der Waals surface area contributed by atoms with Crippen LogP contribution in [0, 0.1) is 11.6 Å². The van der Waals surface area contributed by atoms with Crippen LogP contribution < -0.4 is 14.8 Å². The minimum Gasteiger partial charge on any atom is -0.473 e. The standard InChI is InChI=1S/C21H22F2N8O4S/c1-11(2)18-28-21(35-29-18)30-5-3-12(4-6-30)34-20-17-19(25-9-26-20)31(10-27-17)15-7-14(23)16(8-13(15)22)36(24,32)33/h7-12H,3-6H2,1-2H3,(H2,24,32,33). The summed E-state index contributed by atoms with van der Waals surface area (Å²) in [5.74, 6) is -1.21. The van der Waals surface area contributed by atoms with Gasteiger partial charge >= 0.3 is 6.01 Å². The number of rotatable bonds is 6. The molecule has 3 aromatic heterocycles. The lowest BCUT2D eigenvalue weighted by Gasteiger charge is -2.30. The fourth-order valence-corrected chi connectivity index (χ4v) is 4.51. The molecule has 0 amide bonds. The maximum Gasteiger partial charge on any atom is 0.324 e. The molecule has 5 rings (SSSR count). The van der Waals surface area contributed by atoms with Gasteiger partial charge in [-0.25, -0.2) is 32.3 Å². The van der Waals surface area contributed by atoms with Crippen LogP contribution in [0.15, 0.2) is 34.2 Å². The number of aromatic nitrogens is 6. The van der Waals surface area contributed by atoms with E-state index in [1.54, 1.807) is 0 Å². The molecular formula is C21H22F2N8O4S. The Morgan fingerprint density at radius 1 is 1.14 bits per heavy atom. The van der Waals surface area contributed by atoms with Gasteiger partial charge in [0, 0.05) is 37.9 Å². The first-order valence-electron chi connectivity index (χ1n) is 11.1. The van der Waals surface area contributed by atoms with E-state index in [4.69, 9.17) is 14.4 Å². The normalized spacial score (nSPS) is 15.2. The summed E-state index contributed by atoms with van der Waals surface area (Å²) >= 11 is 0. The maximum atomic E-state index is 14.7. The molecule has 1 fully saturated rings. The summed E-state index contributed by atoms with van der Waals surface area (Å²) in [5.41, 5.74) is 0.112. The molecule has 0 aliphatic carbocycles. The van der Waals surface area contributed by atoms with Crippen LogP contribution >= 0.6 is 0 Å². The number of sulfonamides is 1. The van der Waals surface area contributed by atoms with Gasteiger partial charge < -0.3 is 14.2 Å². The van der Waals surface area contributed by atoms with Crippen molar-refractivity contribution in [3.05, 3.63) is 42.2 Å². The molecule has 15 heteroatoms. The van der Waals surface area contributed by atoms with Crippen molar-refractivity contribution in [2.24, 2.45) is 5.14 Å². The van der Waals surface area contributed by atoms with Gasteiger partial charge in [-0.1, -0.05) is 19.0 Å². The van der Waals surface area contributed by atoms with Gasteiger partial charge in [-0.3, -0.25) is 4.57 Å². The first-order valence-corrected chi connectivity index (χ1v) is 12.6. The van der Waals surface area contributed by atoms with Crippen molar-refractivity contribution in [1.82, 2.24) is 29.7 Å². The summed E-state index contributed by atoms with van der Waals surface area (Å²) in [5, 5.41) is 8.94. The van der Waals surface area contributed by atoms with Crippen LogP contribution in [-0.2, 0) is 10.0 Å². The third-order valence-electron chi connectivity index (χ3n) is 5.81. The van der Waals surface area contributed by atoms with Crippen LogP contribution in [-0.4, -0.2) is 57.3 Å². The number of ether oxygens (including phenoxy) is 1. The third kappa shape index (κ3) is 4.46. The Labute approximate surface area is 204 Å². The van der Waals surface area contributed by atoms with E-state index in [1.165, 1.54) is 17.2 Å². The molecule has 190 valence electrons. The lowest BCUT2D eigenvalue weighted by Crippen LogP contribution is -2.38. The van der Waals surface area contributed by atoms with Crippen molar-refractivity contribution in [3.8, 4) is 11.6 Å². The molecule has 0 atom stereocenters. The highest BCUT2D eigenvalue weighted by atomic mass is 32.2. The number of nitrogens with two attached hydrogens (primary N) is 1. The number of halogens is 2. The minimum atomic E-state index is -4.43. The topological polar surface area (TPSA) is 155 Å². The molecule has 0 saturated carbocycles. The summed E-state index contributed by atoms with van der Waals surface area (Å²) in [4.78, 5) is 18.0. The van der Waals surface area contributed by atoms with Gasteiger partial charge in [0.25, 0.3) is 0 Å². The average molecular weight is 521 g/mol. The molecule has 12 nitrogen and oxygen atoms in total. The predicted molar refractivity (Wildman–Crippen MR) is 122 cm³/mol. The van der Waals surface area contributed by atoms with Crippen molar-refractivity contribution in [1.29, 1.82) is 0 Å². The van der Waals surface area contributed by atoms with E-state index in [-0.39, 0.29) is 34.8 Å². The fraction of sp³-hybridized carbons (Fsp3) is 0.381. The number of primary sulfonamides is 1. The van der Waals surface area contributed by atoms with Crippen LogP contribution in [0.2, 0.25) is 0 Å². The molecule has 1 aromatic carbocycles. The van der Waals surface area contributed by atoms with E-state index in [2.05, 4.69) is 25.1 Å². The van der Waals surface area contributed by atoms with E-state index < -0.39 is 26.6 Å². The van der Waals surface area contributed by atoms with Gasteiger partial charge in [0.2, 0.25) is 15.9 Å².